The second-order valence-corrected chi connectivity index (χ2v) is 5.91. The molecule has 0 aliphatic carbocycles. The Morgan fingerprint density at radius 2 is 2.26 bits per heavy atom. The van der Waals surface area contributed by atoms with Gasteiger partial charge in [0.05, 0.1) is 6.54 Å². The van der Waals surface area contributed by atoms with Crippen molar-refractivity contribution in [2.45, 2.75) is 9.79 Å². The maximum atomic E-state index is 12.1. The second kappa shape index (κ2) is 6.80. The van der Waals surface area contributed by atoms with Crippen LogP contribution in [-0.2, 0) is 10.0 Å². The molecule has 0 saturated carbocycles. The standard InChI is InChI=1S/C10H13ClN4O2S2/c1-2-5-13-10(14-12)15-19(16,17)9-4-3-7(11)6-8(9)18/h2-4,6,18H,1,5,12H2,(H2,13,14,15). The minimum absolute atomic E-state index is 0.0261. The summed E-state index contributed by atoms with van der Waals surface area (Å²) >= 11 is 9.81. The molecule has 0 spiro atoms. The normalized spacial score (nSPS) is 12.1. The van der Waals surface area contributed by atoms with Gasteiger partial charge in [0.25, 0.3) is 10.0 Å². The Balaban J connectivity index is 3.07. The van der Waals surface area contributed by atoms with Gasteiger partial charge in [0.2, 0.25) is 5.96 Å². The number of rotatable bonds is 4. The van der Waals surface area contributed by atoms with Gasteiger partial charge < -0.3 is 0 Å². The number of nitrogens with one attached hydrogen (secondary N) is 2. The number of nitrogens with two attached hydrogens (primary N) is 1. The molecule has 0 unspecified atom stereocenters. The van der Waals surface area contributed by atoms with Crippen LogP contribution in [0.5, 0.6) is 0 Å². The molecular formula is C10H13ClN4O2S2. The third kappa shape index (κ3) is 4.43. The highest BCUT2D eigenvalue weighted by Gasteiger charge is 2.18. The highest BCUT2D eigenvalue weighted by Crippen LogP contribution is 2.23. The zero-order chi connectivity index (χ0) is 14.5. The quantitative estimate of drug-likeness (QED) is 0.166. The molecule has 0 fully saturated rings. The van der Waals surface area contributed by atoms with E-state index in [-0.39, 0.29) is 22.3 Å². The predicted octanol–water partition coefficient (Wildman–Crippen LogP) is 0.912. The van der Waals surface area contributed by atoms with E-state index in [2.05, 4.69) is 34.3 Å². The summed E-state index contributed by atoms with van der Waals surface area (Å²) in [7, 11) is -3.84. The Morgan fingerprint density at radius 3 is 2.79 bits per heavy atom. The molecular weight excluding hydrogens is 308 g/mol. The lowest BCUT2D eigenvalue weighted by atomic mass is 10.4. The Kier molecular flexibility index (Phi) is 5.67. The average Bonchev–Trinajstić information content (AvgIpc) is 2.33. The van der Waals surface area contributed by atoms with Gasteiger partial charge in [0.1, 0.15) is 4.90 Å². The molecule has 1 aromatic rings. The van der Waals surface area contributed by atoms with Gasteiger partial charge in [-0.15, -0.1) is 19.2 Å². The van der Waals surface area contributed by atoms with E-state index in [0.29, 0.717) is 5.02 Å². The second-order valence-electron chi connectivity index (χ2n) is 3.34. The topological polar surface area (TPSA) is 96.6 Å². The molecule has 0 atom stereocenters. The van der Waals surface area contributed by atoms with Crippen LogP contribution in [0.1, 0.15) is 0 Å². The summed E-state index contributed by atoms with van der Waals surface area (Å²) in [5.41, 5.74) is 2.15. The van der Waals surface area contributed by atoms with Gasteiger partial charge in [-0.05, 0) is 18.2 Å². The van der Waals surface area contributed by atoms with E-state index in [1.807, 2.05) is 0 Å². The Morgan fingerprint density at radius 1 is 1.58 bits per heavy atom. The molecule has 0 saturated heterocycles. The fraction of sp³-hybridized carbons (Fsp3) is 0.100. The van der Waals surface area contributed by atoms with Crippen LogP contribution in [0.3, 0.4) is 0 Å². The molecule has 0 aliphatic rings. The number of nitrogens with zero attached hydrogens (tertiary/aromatic N) is 1. The van der Waals surface area contributed by atoms with Crippen molar-refractivity contribution >= 4 is 40.2 Å². The monoisotopic (exact) mass is 320 g/mol. The summed E-state index contributed by atoms with van der Waals surface area (Å²) in [5.74, 6) is 5.08. The summed E-state index contributed by atoms with van der Waals surface area (Å²) in [6, 6.07) is 4.22. The number of hydrogen-bond acceptors (Lipinski definition) is 5. The van der Waals surface area contributed by atoms with Crippen LogP contribution in [0.15, 0.2) is 45.6 Å². The molecule has 0 heterocycles. The molecule has 19 heavy (non-hydrogen) atoms. The molecule has 0 radical (unpaired) electrons. The molecule has 1 aromatic carbocycles. The third-order valence-electron chi connectivity index (χ3n) is 1.96. The Labute approximate surface area is 122 Å². The number of sulfonamides is 1. The molecule has 104 valence electrons. The Bertz CT molecular complexity index is 602. The van der Waals surface area contributed by atoms with Crippen molar-refractivity contribution in [2.75, 3.05) is 6.54 Å². The third-order valence-corrected chi connectivity index (χ3v) is 4.11. The predicted molar refractivity (Wildman–Crippen MR) is 78.8 cm³/mol. The first-order valence-electron chi connectivity index (χ1n) is 5.04. The minimum atomic E-state index is -3.84. The lowest BCUT2D eigenvalue weighted by molar-refractivity contribution is 0.589. The summed E-state index contributed by atoms with van der Waals surface area (Å²) < 4.78 is 26.4. The van der Waals surface area contributed by atoms with Crippen molar-refractivity contribution in [1.29, 1.82) is 0 Å². The number of halogens is 1. The van der Waals surface area contributed by atoms with Crippen molar-refractivity contribution in [3.05, 3.63) is 35.9 Å². The SMILES string of the molecule is C=CCN=C(NN)NS(=O)(=O)c1ccc(Cl)cc1S. The summed E-state index contributed by atoms with van der Waals surface area (Å²) in [6.07, 6.45) is 1.50. The molecule has 9 heteroatoms. The van der Waals surface area contributed by atoms with E-state index in [0.717, 1.165) is 0 Å². The number of aliphatic imine (C=N–C) groups is 1. The number of hydrogen-bond donors (Lipinski definition) is 4. The van der Waals surface area contributed by atoms with Crippen molar-refractivity contribution in [3.63, 3.8) is 0 Å². The highest BCUT2D eigenvalue weighted by molar-refractivity contribution is 7.91. The molecule has 0 aromatic heterocycles. The maximum absolute atomic E-state index is 12.1. The van der Waals surface area contributed by atoms with Gasteiger partial charge in [-0.3, -0.25) is 5.43 Å². The maximum Gasteiger partial charge on any atom is 0.265 e. The molecule has 0 amide bonds. The van der Waals surface area contributed by atoms with Crippen LogP contribution in [0.25, 0.3) is 0 Å². The highest BCUT2D eigenvalue weighted by atomic mass is 35.5. The first-order chi connectivity index (χ1) is 8.90. The van der Waals surface area contributed by atoms with Gasteiger partial charge in [0.15, 0.2) is 0 Å². The van der Waals surface area contributed by atoms with Crippen LogP contribution < -0.4 is 16.0 Å². The molecule has 6 nitrogen and oxygen atoms in total. The summed E-state index contributed by atoms with van der Waals surface area (Å²) in [6.45, 7) is 3.68. The van der Waals surface area contributed by atoms with Crippen molar-refractivity contribution < 1.29 is 8.42 Å². The van der Waals surface area contributed by atoms with Crippen LogP contribution in [0, 0.1) is 0 Å². The summed E-state index contributed by atoms with van der Waals surface area (Å²) in [4.78, 5) is 4.04. The van der Waals surface area contributed by atoms with Crippen molar-refractivity contribution in [1.82, 2.24) is 10.1 Å². The largest absolute Gasteiger partial charge is 0.294 e. The van der Waals surface area contributed by atoms with E-state index in [4.69, 9.17) is 17.4 Å². The van der Waals surface area contributed by atoms with Crippen molar-refractivity contribution in [3.8, 4) is 0 Å². The van der Waals surface area contributed by atoms with E-state index in [1.165, 1.54) is 24.3 Å². The molecule has 0 bridgehead atoms. The zero-order valence-corrected chi connectivity index (χ0v) is 12.3. The minimum Gasteiger partial charge on any atom is -0.294 e. The number of guanidine groups is 1. The zero-order valence-electron chi connectivity index (χ0n) is 9.80. The lowest BCUT2D eigenvalue weighted by Gasteiger charge is -2.11. The average molecular weight is 321 g/mol. The first kappa shape index (κ1) is 15.8. The van der Waals surface area contributed by atoms with Crippen molar-refractivity contribution in [2.24, 2.45) is 10.8 Å². The number of benzene rings is 1. The van der Waals surface area contributed by atoms with Crippen LogP contribution >= 0.6 is 24.2 Å². The van der Waals surface area contributed by atoms with Gasteiger partial charge >= 0.3 is 0 Å². The van der Waals surface area contributed by atoms with E-state index in [9.17, 15) is 8.42 Å². The number of thiol groups is 1. The summed E-state index contributed by atoms with van der Waals surface area (Å²) in [5, 5.41) is 0.390. The number of hydrazine groups is 1. The van der Waals surface area contributed by atoms with E-state index in [1.54, 1.807) is 0 Å². The van der Waals surface area contributed by atoms with Gasteiger partial charge in [0, 0.05) is 9.92 Å². The van der Waals surface area contributed by atoms with Gasteiger partial charge in [-0.2, -0.15) is 0 Å². The van der Waals surface area contributed by atoms with Gasteiger partial charge in [-0.25, -0.2) is 24.0 Å². The fourth-order valence-corrected chi connectivity index (χ4v) is 3.05. The Hall–Kier alpha value is -1.22. The smallest absolute Gasteiger partial charge is 0.265 e. The van der Waals surface area contributed by atoms with Crippen LogP contribution in [0.4, 0.5) is 0 Å². The molecule has 4 N–H and O–H groups in total. The van der Waals surface area contributed by atoms with E-state index >= 15 is 0 Å². The molecule has 0 aliphatic heterocycles. The van der Waals surface area contributed by atoms with Gasteiger partial charge in [-0.1, -0.05) is 17.7 Å². The lowest BCUT2D eigenvalue weighted by Crippen LogP contribution is -2.44. The van der Waals surface area contributed by atoms with Crippen LogP contribution in [0.2, 0.25) is 5.02 Å². The first-order valence-corrected chi connectivity index (χ1v) is 7.35. The molecule has 1 rings (SSSR count). The van der Waals surface area contributed by atoms with E-state index < -0.39 is 10.0 Å². The fourth-order valence-electron chi connectivity index (χ4n) is 1.16. The van der Waals surface area contributed by atoms with Crippen LogP contribution in [-0.4, -0.2) is 20.9 Å².